The lowest BCUT2D eigenvalue weighted by atomic mass is 10.0. The van der Waals surface area contributed by atoms with Crippen LogP contribution in [0.4, 0.5) is 0 Å². The Labute approximate surface area is 60.5 Å². The van der Waals surface area contributed by atoms with Crippen molar-refractivity contribution in [1.29, 1.82) is 0 Å². The molecule has 2 N–H and O–H groups in total. The zero-order valence-electron chi connectivity index (χ0n) is 6.18. The minimum atomic E-state index is -1.04. The van der Waals surface area contributed by atoms with E-state index in [1.165, 1.54) is 7.11 Å². The van der Waals surface area contributed by atoms with Crippen molar-refractivity contribution in [2.24, 2.45) is 5.73 Å². The van der Waals surface area contributed by atoms with E-state index in [1.807, 2.05) is 0 Å². The van der Waals surface area contributed by atoms with Gasteiger partial charge >= 0.3 is 5.97 Å². The second kappa shape index (κ2) is 3.23. The Balaban J connectivity index is 4.13. The zero-order chi connectivity index (χ0) is 8.20. The van der Waals surface area contributed by atoms with E-state index in [0.717, 1.165) is 0 Å². The monoisotopic (exact) mass is 141 g/mol. The smallest absolute Gasteiger partial charge is 0.326 e. The van der Waals surface area contributed by atoms with Crippen LogP contribution in [0, 0.1) is 12.3 Å². The molecule has 0 heterocycles. The number of methoxy groups -OCH3 is 1. The summed E-state index contributed by atoms with van der Waals surface area (Å²) in [6.45, 7) is 1.54. The standard InChI is InChI=1S/C7H11NO2/c1-4-5-7(2,8)6(9)10-3/h1H,5,8H2,2-3H3/t7-/m0/s1. The van der Waals surface area contributed by atoms with Crippen molar-refractivity contribution in [3.05, 3.63) is 0 Å². The molecular weight excluding hydrogens is 130 g/mol. The lowest BCUT2D eigenvalue weighted by Crippen LogP contribution is -2.45. The Bertz CT molecular complexity index is 167. The van der Waals surface area contributed by atoms with Crippen LogP contribution < -0.4 is 5.73 Å². The summed E-state index contributed by atoms with van der Waals surface area (Å²) < 4.78 is 4.41. The Kier molecular flexibility index (Phi) is 2.91. The highest BCUT2D eigenvalue weighted by Gasteiger charge is 2.27. The maximum absolute atomic E-state index is 10.8. The highest BCUT2D eigenvalue weighted by molar-refractivity contribution is 5.80. The third-order valence-corrected chi connectivity index (χ3v) is 1.12. The molecule has 0 unspecified atom stereocenters. The first kappa shape index (κ1) is 8.99. The summed E-state index contributed by atoms with van der Waals surface area (Å²) in [7, 11) is 1.28. The van der Waals surface area contributed by atoms with Gasteiger partial charge in [0.15, 0.2) is 0 Å². The highest BCUT2D eigenvalue weighted by Crippen LogP contribution is 2.05. The fraction of sp³-hybridized carbons (Fsp3) is 0.571. The number of esters is 1. The molecule has 3 heteroatoms. The van der Waals surface area contributed by atoms with Gasteiger partial charge in [-0.2, -0.15) is 0 Å². The van der Waals surface area contributed by atoms with Crippen LogP contribution in [0.3, 0.4) is 0 Å². The average Bonchev–Trinajstić information content (AvgIpc) is 1.86. The number of hydrogen-bond donors (Lipinski definition) is 1. The van der Waals surface area contributed by atoms with E-state index in [4.69, 9.17) is 12.2 Å². The summed E-state index contributed by atoms with van der Waals surface area (Å²) >= 11 is 0. The quantitative estimate of drug-likeness (QED) is 0.431. The van der Waals surface area contributed by atoms with Crippen LogP contribution in [0.1, 0.15) is 13.3 Å². The van der Waals surface area contributed by atoms with Crippen LogP contribution in [-0.2, 0) is 9.53 Å². The molecule has 0 amide bonds. The Morgan fingerprint density at radius 2 is 2.40 bits per heavy atom. The first-order valence-corrected chi connectivity index (χ1v) is 2.85. The zero-order valence-corrected chi connectivity index (χ0v) is 6.18. The summed E-state index contributed by atoms with van der Waals surface area (Å²) in [5, 5.41) is 0. The highest BCUT2D eigenvalue weighted by atomic mass is 16.5. The van der Waals surface area contributed by atoms with Gasteiger partial charge in [0.2, 0.25) is 0 Å². The largest absolute Gasteiger partial charge is 0.468 e. The van der Waals surface area contributed by atoms with Crippen molar-refractivity contribution in [1.82, 2.24) is 0 Å². The van der Waals surface area contributed by atoms with Gasteiger partial charge in [0.25, 0.3) is 0 Å². The van der Waals surface area contributed by atoms with Gasteiger partial charge < -0.3 is 10.5 Å². The van der Waals surface area contributed by atoms with Crippen LogP contribution in [0.25, 0.3) is 0 Å². The first-order valence-electron chi connectivity index (χ1n) is 2.85. The molecule has 0 radical (unpaired) electrons. The topological polar surface area (TPSA) is 52.3 Å². The number of rotatable bonds is 2. The van der Waals surface area contributed by atoms with Gasteiger partial charge in [-0.05, 0) is 6.92 Å². The minimum absolute atomic E-state index is 0.194. The van der Waals surface area contributed by atoms with E-state index in [2.05, 4.69) is 10.7 Å². The van der Waals surface area contributed by atoms with Crippen LogP contribution in [0.2, 0.25) is 0 Å². The molecule has 0 aliphatic heterocycles. The van der Waals surface area contributed by atoms with Crippen LogP contribution >= 0.6 is 0 Å². The van der Waals surface area contributed by atoms with Crippen molar-refractivity contribution in [2.45, 2.75) is 18.9 Å². The molecule has 0 bridgehead atoms. The molecule has 0 saturated carbocycles. The molecule has 3 nitrogen and oxygen atoms in total. The van der Waals surface area contributed by atoms with Gasteiger partial charge in [0.05, 0.1) is 7.11 Å². The van der Waals surface area contributed by atoms with Crippen LogP contribution in [-0.4, -0.2) is 18.6 Å². The fourth-order valence-corrected chi connectivity index (χ4v) is 0.517. The second-order valence-electron chi connectivity index (χ2n) is 2.29. The fourth-order valence-electron chi connectivity index (χ4n) is 0.517. The maximum atomic E-state index is 10.8. The molecule has 0 aromatic heterocycles. The summed E-state index contributed by atoms with van der Waals surface area (Å²) in [6.07, 6.45) is 5.16. The Hall–Kier alpha value is -1.01. The molecule has 1 atom stereocenters. The number of carbonyl (C=O) groups excluding carboxylic acids is 1. The van der Waals surface area contributed by atoms with E-state index in [9.17, 15) is 4.79 Å². The molecule has 0 aromatic carbocycles. The predicted octanol–water partition coefficient (Wildman–Crippen LogP) is -0.0999. The minimum Gasteiger partial charge on any atom is -0.468 e. The Morgan fingerprint density at radius 3 is 2.70 bits per heavy atom. The van der Waals surface area contributed by atoms with Gasteiger partial charge in [0.1, 0.15) is 5.54 Å². The lowest BCUT2D eigenvalue weighted by Gasteiger charge is -2.17. The van der Waals surface area contributed by atoms with Gasteiger partial charge in [-0.3, -0.25) is 4.79 Å². The summed E-state index contributed by atoms with van der Waals surface area (Å²) in [5.74, 6) is 1.82. The number of carbonyl (C=O) groups is 1. The maximum Gasteiger partial charge on any atom is 0.326 e. The van der Waals surface area contributed by atoms with Crippen molar-refractivity contribution in [2.75, 3.05) is 7.11 Å². The number of terminal acetylenes is 1. The summed E-state index contributed by atoms with van der Waals surface area (Å²) in [4.78, 5) is 10.8. The van der Waals surface area contributed by atoms with Gasteiger partial charge in [-0.15, -0.1) is 12.3 Å². The van der Waals surface area contributed by atoms with Gasteiger partial charge in [-0.1, -0.05) is 0 Å². The van der Waals surface area contributed by atoms with E-state index >= 15 is 0 Å². The van der Waals surface area contributed by atoms with E-state index in [-0.39, 0.29) is 6.42 Å². The molecule has 0 aromatic rings. The Morgan fingerprint density at radius 1 is 1.90 bits per heavy atom. The molecule has 0 saturated heterocycles. The predicted molar refractivity (Wildman–Crippen MR) is 38.1 cm³/mol. The molecule has 0 aliphatic carbocycles. The van der Waals surface area contributed by atoms with Crippen molar-refractivity contribution >= 4 is 5.97 Å². The van der Waals surface area contributed by atoms with Crippen molar-refractivity contribution in [3.8, 4) is 12.3 Å². The average molecular weight is 141 g/mol. The second-order valence-corrected chi connectivity index (χ2v) is 2.29. The van der Waals surface area contributed by atoms with Crippen molar-refractivity contribution < 1.29 is 9.53 Å². The first-order chi connectivity index (χ1) is 4.54. The molecule has 0 spiro atoms. The molecule has 0 aliphatic rings. The summed E-state index contributed by atoms with van der Waals surface area (Å²) in [5.41, 5.74) is 4.43. The van der Waals surface area contributed by atoms with Crippen LogP contribution in [0.5, 0.6) is 0 Å². The van der Waals surface area contributed by atoms with Gasteiger partial charge in [-0.25, -0.2) is 0 Å². The van der Waals surface area contributed by atoms with Gasteiger partial charge in [0, 0.05) is 6.42 Å². The third-order valence-electron chi connectivity index (χ3n) is 1.12. The van der Waals surface area contributed by atoms with E-state index in [0.29, 0.717) is 0 Å². The molecule has 10 heavy (non-hydrogen) atoms. The molecule has 0 rings (SSSR count). The third kappa shape index (κ3) is 2.08. The lowest BCUT2D eigenvalue weighted by molar-refractivity contribution is -0.146. The molecule has 0 fully saturated rings. The summed E-state index contributed by atoms with van der Waals surface area (Å²) in [6, 6.07) is 0. The number of ether oxygens (including phenoxy) is 1. The number of hydrogen-bond acceptors (Lipinski definition) is 3. The molecule has 56 valence electrons. The molecular formula is C7H11NO2. The normalized spacial score (nSPS) is 15.0. The van der Waals surface area contributed by atoms with E-state index < -0.39 is 11.5 Å². The number of nitrogens with two attached hydrogens (primary N) is 1. The van der Waals surface area contributed by atoms with Crippen LogP contribution in [0.15, 0.2) is 0 Å². The van der Waals surface area contributed by atoms with Crippen molar-refractivity contribution in [3.63, 3.8) is 0 Å². The SMILES string of the molecule is C#CC[C@](C)(N)C(=O)OC. The van der Waals surface area contributed by atoms with E-state index in [1.54, 1.807) is 6.92 Å².